The monoisotopic (exact) mass is 319 g/mol. The molecular formula is C16H17B2N4S+. The molecule has 0 saturated carbocycles. The molecule has 0 radical (unpaired) electrons. The molecule has 0 aliphatic carbocycles. The van der Waals surface area contributed by atoms with Crippen LogP contribution in [-0.2, 0) is 6.54 Å². The molecule has 0 atom stereocenters. The molecular weight excluding hydrogens is 302 g/mol. The Balaban J connectivity index is 1.74. The van der Waals surface area contributed by atoms with Gasteiger partial charge in [0, 0.05) is 11.1 Å². The van der Waals surface area contributed by atoms with Crippen LogP contribution in [0.3, 0.4) is 0 Å². The van der Waals surface area contributed by atoms with Crippen LogP contribution in [0.4, 0.5) is 16.5 Å². The Morgan fingerprint density at radius 3 is 2.39 bits per heavy atom. The number of azo groups is 1. The van der Waals surface area contributed by atoms with E-state index in [0.717, 1.165) is 23.1 Å². The maximum atomic E-state index is 4.40. The molecule has 0 spiro atoms. The van der Waals surface area contributed by atoms with Gasteiger partial charge in [-0.15, -0.1) is 0 Å². The van der Waals surface area contributed by atoms with Crippen LogP contribution in [0.5, 0.6) is 0 Å². The molecule has 112 valence electrons. The van der Waals surface area contributed by atoms with E-state index in [1.54, 1.807) is 11.3 Å². The van der Waals surface area contributed by atoms with Crippen molar-refractivity contribution in [2.75, 3.05) is 4.72 Å². The molecule has 0 aliphatic rings. The summed E-state index contributed by atoms with van der Waals surface area (Å²) in [6.07, 6.45) is 2.04. The van der Waals surface area contributed by atoms with Crippen molar-refractivity contribution in [1.82, 2.24) is 0 Å². The summed E-state index contributed by atoms with van der Waals surface area (Å²) in [5, 5.41) is 11.7. The summed E-state index contributed by atoms with van der Waals surface area (Å²) in [5.74, 6) is 0. The molecule has 1 aromatic heterocycles. The van der Waals surface area contributed by atoms with Gasteiger partial charge in [-0.05, 0) is 46.3 Å². The Kier molecular flexibility index (Phi) is 4.88. The molecule has 7 heteroatoms. The standard InChI is InChI=1S/C16H17B2N4S/c17-22(18)15-8-6-14(7-9-15)19-20-16-21(10-11-23-16)12-13-4-2-1-3-5-13/h1-11H,12,17-18H2/q+1. The highest BCUT2D eigenvalue weighted by Gasteiger charge is 2.12. The second kappa shape index (κ2) is 7.24. The third-order valence-electron chi connectivity index (χ3n) is 3.47. The van der Waals surface area contributed by atoms with E-state index in [1.165, 1.54) is 5.56 Å². The van der Waals surface area contributed by atoms with Gasteiger partial charge in [0.1, 0.15) is 18.4 Å². The zero-order valence-corrected chi connectivity index (χ0v) is 14.1. The van der Waals surface area contributed by atoms with Gasteiger partial charge in [0.15, 0.2) is 0 Å². The van der Waals surface area contributed by atoms with Crippen molar-refractivity contribution in [3.05, 3.63) is 71.7 Å². The van der Waals surface area contributed by atoms with Crippen LogP contribution in [0.25, 0.3) is 0 Å². The third kappa shape index (κ3) is 4.07. The average molecular weight is 319 g/mol. The van der Waals surface area contributed by atoms with Gasteiger partial charge in [0.2, 0.25) is 16.0 Å². The van der Waals surface area contributed by atoms with Crippen LogP contribution in [-0.4, -0.2) is 16.0 Å². The van der Waals surface area contributed by atoms with E-state index in [1.807, 2.05) is 57.9 Å². The van der Waals surface area contributed by atoms with E-state index in [9.17, 15) is 0 Å². The Hall–Kier alpha value is -2.40. The van der Waals surface area contributed by atoms with Crippen LogP contribution in [0.15, 0.2) is 76.4 Å². The summed E-state index contributed by atoms with van der Waals surface area (Å²) in [6, 6.07) is 18.4. The summed E-state index contributed by atoms with van der Waals surface area (Å²) in [4.78, 5) is 0. The Labute approximate surface area is 142 Å². The number of hydrogen-bond acceptors (Lipinski definition) is 4. The zero-order chi connectivity index (χ0) is 16.1. The first-order valence-corrected chi connectivity index (χ1v) is 8.30. The summed E-state index contributed by atoms with van der Waals surface area (Å²) in [7, 11) is 4.04. The number of hydrogen-bond donors (Lipinski definition) is 0. The Morgan fingerprint density at radius 1 is 0.957 bits per heavy atom. The first-order valence-electron chi connectivity index (χ1n) is 7.42. The van der Waals surface area contributed by atoms with Crippen molar-refractivity contribution in [2.24, 2.45) is 10.2 Å². The van der Waals surface area contributed by atoms with Crippen LogP contribution in [0.2, 0.25) is 0 Å². The maximum absolute atomic E-state index is 4.40. The van der Waals surface area contributed by atoms with Gasteiger partial charge in [0.05, 0.1) is 5.11 Å². The molecule has 0 amide bonds. The number of nitrogens with zero attached hydrogens (tertiary/aromatic N) is 4. The van der Waals surface area contributed by atoms with Crippen LogP contribution >= 0.6 is 11.3 Å². The predicted octanol–water partition coefficient (Wildman–Crippen LogP) is 2.40. The molecule has 0 bridgehead atoms. The third-order valence-corrected chi connectivity index (χ3v) is 4.26. The lowest BCUT2D eigenvalue weighted by Crippen LogP contribution is -2.31. The molecule has 0 unspecified atom stereocenters. The molecule has 23 heavy (non-hydrogen) atoms. The lowest BCUT2D eigenvalue weighted by Gasteiger charge is -2.12. The van der Waals surface area contributed by atoms with Gasteiger partial charge in [-0.1, -0.05) is 30.3 Å². The zero-order valence-electron chi connectivity index (χ0n) is 13.3. The molecule has 0 N–H and O–H groups in total. The molecule has 2 aromatic carbocycles. The minimum atomic E-state index is 0.804. The molecule has 0 fully saturated rings. The van der Waals surface area contributed by atoms with Crippen molar-refractivity contribution in [2.45, 2.75) is 6.54 Å². The minimum Gasteiger partial charge on any atom is -0.472 e. The SMILES string of the molecule is BN(B)c1ccc(/N=N/c2scc[n+]2Cc2ccccc2)cc1. The topological polar surface area (TPSA) is 31.8 Å². The van der Waals surface area contributed by atoms with Gasteiger partial charge in [0.25, 0.3) is 0 Å². The highest BCUT2D eigenvalue weighted by atomic mass is 32.1. The second-order valence-corrected chi connectivity index (χ2v) is 6.28. The number of thiazole rings is 1. The maximum Gasteiger partial charge on any atom is 0.408 e. The highest BCUT2D eigenvalue weighted by Crippen LogP contribution is 2.21. The van der Waals surface area contributed by atoms with Crippen LogP contribution in [0.1, 0.15) is 5.56 Å². The average Bonchev–Trinajstić information content (AvgIpc) is 3.01. The van der Waals surface area contributed by atoms with Gasteiger partial charge in [-0.3, -0.25) is 0 Å². The number of anilines is 1. The van der Waals surface area contributed by atoms with Gasteiger partial charge >= 0.3 is 5.13 Å². The van der Waals surface area contributed by atoms with E-state index in [0.29, 0.717) is 0 Å². The van der Waals surface area contributed by atoms with E-state index < -0.39 is 0 Å². The molecule has 4 nitrogen and oxygen atoms in total. The van der Waals surface area contributed by atoms with Crippen molar-refractivity contribution in [3.8, 4) is 0 Å². The Bertz CT molecular complexity index is 785. The number of benzene rings is 2. The summed E-state index contributed by atoms with van der Waals surface area (Å²) < 4.78 is 4.17. The van der Waals surface area contributed by atoms with E-state index >= 15 is 0 Å². The highest BCUT2D eigenvalue weighted by molar-refractivity contribution is 7.12. The first kappa shape index (κ1) is 15.5. The van der Waals surface area contributed by atoms with E-state index in [2.05, 4.69) is 43.8 Å². The van der Waals surface area contributed by atoms with E-state index in [-0.39, 0.29) is 0 Å². The Morgan fingerprint density at radius 2 is 1.70 bits per heavy atom. The van der Waals surface area contributed by atoms with E-state index in [4.69, 9.17) is 0 Å². The molecule has 0 aliphatic heterocycles. The van der Waals surface area contributed by atoms with Crippen LogP contribution < -0.4 is 9.29 Å². The fourth-order valence-electron chi connectivity index (χ4n) is 2.20. The smallest absolute Gasteiger partial charge is 0.408 e. The normalized spacial score (nSPS) is 11.0. The van der Waals surface area contributed by atoms with Crippen molar-refractivity contribution in [1.29, 1.82) is 0 Å². The summed E-state index contributed by atoms with van der Waals surface area (Å²) in [6.45, 7) is 0.804. The largest absolute Gasteiger partial charge is 0.472 e. The van der Waals surface area contributed by atoms with Crippen molar-refractivity contribution in [3.63, 3.8) is 0 Å². The fraction of sp³-hybridized carbons (Fsp3) is 0.0625. The van der Waals surface area contributed by atoms with Crippen molar-refractivity contribution < 1.29 is 4.57 Å². The molecule has 1 heterocycles. The fourth-order valence-corrected chi connectivity index (χ4v) is 2.87. The molecule has 3 aromatic rings. The number of rotatable bonds is 5. The minimum absolute atomic E-state index is 0.804. The lowest BCUT2D eigenvalue weighted by atomic mass is 10.1. The van der Waals surface area contributed by atoms with Gasteiger partial charge < -0.3 is 4.72 Å². The lowest BCUT2D eigenvalue weighted by molar-refractivity contribution is -0.671. The van der Waals surface area contributed by atoms with Gasteiger partial charge in [-0.2, -0.15) is 0 Å². The molecule has 3 rings (SSSR count). The summed E-state index contributed by atoms with van der Waals surface area (Å²) in [5.41, 5.74) is 3.26. The summed E-state index contributed by atoms with van der Waals surface area (Å²) >= 11 is 1.59. The first-order chi connectivity index (χ1) is 11.2. The quantitative estimate of drug-likeness (QED) is 0.404. The van der Waals surface area contributed by atoms with Crippen LogP contribution in [0, 0.1) is 0 Å². The second-order valence-electron chi connectivity index (χ2n) is 5.41. The molecule has 0 saturated heterocycles. The van der Waals surface area contributed by atoms with Crippen molar-refractivity contribution >= 4 is 43.8 Å². The van der Waals surface area contributed by atoms with Gasteiger partial charge in [-0.25, -0.2) is 4.57 Å². The predicted molar refractivity (Wildman–Crippen MR) is 100 cm³/mol. The number of aromatic nitrogens is 1.